The minimum atomic E-state index is -4.41. The lowest BCUT2D eigenvalue weighted by Gasteiger charge is -2.25. The second-order valence-electron chi connectivity index (χ2n) is 7.82. The zero-order valence-corrected chi connectivity index (χ0v) is 15.1. The van der Waals surface area contributed by atoms with Crippen LogP contribution in [-0.4, -0.2) is 19.6 Å². The average molecular weight is 342 g/mol. The van der Waals surface area contributed by atoms with Crippen molar-refractivity contribution in [1.29, 1.82) is 0 Å². The SMILES string of the molecule is Cc1cc(CCC(C)(C)n2ccc(C(F)(F)F)n2)nn1C(C)(C)C. The predicted octanol–water partition coefficient (Wildman–Crippen LogP) is 4.53. The first kappa shape index (κ1) is 18.5. The van der Waals surface area contributed by atoms with Crippen LogP contribution in [0.2, 0.25) is 0 Å². The number of halogens is 3. The van der Waals surface area contributed by atoms with E-state index in [9.17, 15) is 13.2 Å². The first-order valence-electron chi connectivity index (χ1n) is 8.00. The highest BCUT2D eigenvalue weighted by atomic mass is 19.4. The quantitative estimate of drug-likeness (QED) is 0.818. The van der Waals surface area contributed by atoms with Gasteiger partial charge in [-0.2, -0.15) is 23.4 Å². The third kappa shape index (κ3) is 3.99. The molecule has 0 spiro atoms. The van der Waals surface area contributed by atoms with Gasteiger partial charge in [-0.25, -0.2) is 0 Å². The highest BCUT2D eigenvalue weighted by molar-refractivity contribution is 5.11. The molecule has 7 heteroatoms. The number of aryl methyl sites for hydroxylation is 2. The number of alkyl halides is 3. The van der Waals surface area contributed by atoms with Crippen molar-refractivity contribution in [3.8, 4) is 0 Å². The average Bonchev–Trinajstić information content (AvgIpc) is 3.01. The highest BCUT2D eigenvalue weighted by Crippen LogP contribution is 2.30. The fourth-order valence-electron chi connectivity index (χ4n) is 2.70. The molecule has 0 saturated carbocycles. The number of hydrogen-bond acceptors (Lipinski definition) is 2. The maximum absolute atomic E-state index is 12.7. The second kappa shape index (κ2) is 5.93. The molecule has 0 saturated heterocycles. The van der Waals surface area contributed by atoms with E-state index < -0.39 is 17.4 Å². The molecule has 0 N–H and O–H groups in total. The maximum atomic E-state index is 12.7. The number of rotatable bonds is 4. The van der Waals surface area contributed by atoms with Crippen LogP contribution >= 0.6 is 0 Å². The van der Waals surface area contributed by atoms with Crippen LogP contribution in [0.5, 0.6) is 0 Å². The summed E-state index contributed by atoms with van der Waals surface area (Å²) in [4.78, 5) is 0. The van der Waals surface area contributed by atoms with Crippen LogP contribution in [-0.2, 0) is 23.7 Å². The van der Waals surface area contributed by atoms with Crippen molar-refractivity contribution < 1.29 is 13.2 Å². The molecule has 0 amide bonds. The van der Waals surface area contributed by atoms with Gasteiger partial charge in [0.25, 0.3) is 0 Å². The molecule has 0 unspecified atom stereocenters. The van der Waals surface area contributed by atoms with Crippen molar-refractivity contribution in [1.82, 2.24) is 19.6 Å². The molecular formula is C17H25F3N4. The normalized spacial score (nSPS) is 13.5. The maximum Gasteiger partial charge on any atom is 0.435 e. The predicted molar refractivity (Wildman–Crippen MR) is 86.8 cm³/mol. The van der Waals surface area contributed by atoms with Crippen LogP contribution in [0, 0.1) is 6.92 Å². The van der Waals surface area contributed by atoms with Crippen LogP contribution in [0.15, 0.2) is 18.3 Å². The summed E-state index contributed by atoms with van der Waals surface area (Å²) in [6, 6.07) is 3.05. The lowest BCUT2D eigenvalue weighted by Crippen LogP contribution is -2.28. The lowest BCUT2D eigenvalue weighted by molar-refractivity contribution is -0.141. The summed E-state index contributed by atoms with van der Waals surface area (Å²) in [5.74, 6) is 0. The molecule has 0 radical (unpaired) electrons. The van der Waals surface area contributed by atoms with E-state index in [4.69, 9.17) is 0 Å². The van der Waals surface area contributed by atoms with Gasteiger partial charge in [-0.1, -0.05) is 0 Å². The van der Waals surface area contributed by atoms with Crippen molar-refractivity contribution in [2.75, 3.05) is 0 Å². The Labute approximate surface area is 140 Å². The Morgan fingerprint density at radius 2 is 1.67 bits per heavy atom. The van der Waals surface area contributed by atoms with E-state index in [0.29, 0.717) is 12.8 Å². The van der Waals surface area contributed by atoms with Crippen LogP contribution in [0.1, 0.15) is 58.1 Å². The van der Waals surface area contributed by atoms with Crippen LogP contribution in [0.25, 0.3) is 0 Å². The first-order chi connectivity index (χ1) is 10.8. The van der Waals surface area contributed by atoms with Crippen molar-refractivity contribution in [3.05, 3.63) is 35.4 Å². The first-order valence-corrected chi connectivity index (χ1v) is 8.00. The molecule has 134 valence electrons. The minimum Gasteiger partial charge on any atom is -0.267 e. The van der Waals surface area contributed by atoms with Gasteiger partial charge < -0.3 is 0 Å². The summed E-state index contributed by atoms with van der Waals surface area (Å²) >= 11 is 0. The standard InChI is InChI=1S/C17H25F3N4/c1-12-11-13(21-24(12)15(2,3)4)7-9-16(5,6)23-10-8-14(22-23)17(18,19)20/h8,10-11H,7,9H2,1-6H3. The highest BCUT2D eigenvalue weighted by Gasteiger charge is 2.35. The van der Waals surface area contributed by atoms with Crippen molar-refractivity contribution in [2.45, 2.75) is 71.6 Å². The third-order valence-corrected chi connectivity index (χ3v) is 4.07. The summed E-state index contributed by atoms with van der Waals surface area (Å²) in [7, 11) is 0. The van der Waals surface area contributed by atoms with Gasteiger partial charge in [0.05, 0.1) is 16.8 Å². The molecular weight excluding hydrogens is 317 g/mol. The van der Waals surface area contributed by atoms with Gasteiger partial charge in [-0.15, -0.1) is 0 Å². The van der Waals surface area contributed by atoms with Gasteiger partial charge in [0.1, 0.15) is 0 Å². The molecule has 0 aliphatic heterocycles. The van der Waals surface area contributed by atoms with Gasteiger partial charge in [0, 0.05) is 11.9 Å². The van der Waals surface area contributed by atoms with Crippen molar-refractivity contribution in [3.63, 3.8) is 0 Å². The Bertz CT molecular complexity index is 702. The van der Waals surface area contributed by atoms with Gasteiger partial charge in [0.2, 0.25) is 0 Å². The summed E-state index contributed by atoms with van der Waals surface area (Å²) in [5.41, 5.74) is 0.542. The van der Waals surface area contributed by atoms with E-state index >= 15 is 0 Å². The van der Waals surface area contributed by atoms with Gasteiger partial charge in [-0.05, 0) is 66.5 Å². The van der Waals surface area contributed by atoms with Crippen LogP contribution in [0.3, 0.4) is 0 Å². The minimum absolute atomic E-state index is 0.0958. The second-order valence-corrected chi connectivity index (χ2v) is 7.82. The molecule has 2 aromatic rings. The Balaban J connectivity index is 2.12. The van der Waals surface area contributed by atoms with Crippen LogP contribution < -0.4 is 0 Å². The van der Waals surface area contributed by atoms with E-state index in [1.807, 2.05) is 31.5 Å². The largest absolute Gasteiger partial charge is 0.435 e. The summed E-state index contributed by atoms with van der Waals surface area (Å²) < 4.78 is 41.5. The molecule has 2 aromatic heterocycles. The molecule has 0 fully saturated rings. The van der Waals surface area contributed by atoms with E-state index in [0.717, 1.165) is 17.5 Å². The number of nitrogens with zero attached hydrogens (tertiary/aromatic N) is 4. The Morgan fingerprint density at radius 1 is 1.04 bits per heavy atom. The van der Waals surface area contributed by atoms with Gasteiger partial charge in [-0.3, -0.25) is 9.36 Å². The number of hydrogen-bond donors (Lipinski definition) is 0. The lowest BCUT2D eigenvalue weighted by atomic mass is 9.97. The Morgan fingerprint density at radius 3 is 2.12 bits per heavy atom. The smallest absolute Gasteiger partial charge is 0.267 e. The zero-order chi connectivity index (χ0) is 18.3. The fourth-order valence-corrected chi connectivity index (χ4v) is 2.70. The topological polar surface area (TPSA) is 35.6 Å². The third-order valence-electron chi connectivity index (χ3n) is 4.07. The van der Waals surface area contributed by atoms with E-state index in [-0.39, 0.29) is 5.54 Å². The molecule has 0 aliphatic rings. The van der Waals surface area contributed by atoms with E-state index in [1.54, 1.807) is 0 Å². The zero-order valence-electron chi connectivity index (χ0n) is 15.1. The Hall–Kier alpha value is -1.79. The van der Waals surface area contributed by atoms with E-state index in [1.165, 1.54) is 10.9 Å². The monoisotopic (exact) mass is 342 g/mol. The molecule has 2 heterocycles. The van der Waals surface area contributed by atoms with Crippen molar-refractivity contribution in [2.24, 2.45) is 0 Å². The molecule has 0 bridgehead atoms. The number of aromatic nitrogens is 4. The van der Waals surface area contributed by atoms with Gasteiger partial charge >= 0.3 is 6.18 Å². The summed E-state index contributed by atoms with van der Waals surface area (Å²) in [5, 5.41) is 8.32. The Kier molecular flexibility index (Phi) is 4.59. The van der Waals surface area contributed by atoms with Crippen molar-refractivity contribution >= 4 is 0 Å². The molecule has 0 atom stereocenters. The molecule has 4 nitrogen and oxygen atoms in total. The molecule has 0 aliphatic carbocycles. The molecule has 0 aromatic carbocycles. The summed E-state index contributed by atoms with van der Waals surface area (Å²) in [6.07, 6.45) is -1.70. The van der Waals surface area contributed by atoms with Crippen LogP contribution in [0.4, 0.5) is 13.2 Å². The summed E-state index contributed by atoms with van der Waals surface area (Å²) in [6.45, 7) is 12.0. The molecule has 24 heavy (non-hydrogen) atoms. The van der Waals surface area contributed by atoms with E-state index in [2.05, 4.69) is 31.0 Å². The molecule has 2 rings (SSSR count). The van der Waals surface area contributed by atoms with Gasteiger partial charge in [0.15, 0.2) is 5.69 Å². The fraction of sp³-hybridized carbons (Fsp3) is 0.647.